The number of benzene rings is 2. The molecule has 0 aliphatic carbocycles. The minimum absolute atomic E-state index is 0.129. The normalized spacial score (nSPS) is 14.9. The van der Waals surface area contributed by atoms with Crippen LogP contribution in [0, 0.1) is 0 Å². The average Bonchev–Trinajstić information content (AvgIpc) is 2.57. The summed E-state index contributed by atoms with van der Waals surface area (Å²) in [5, 5.41) is 1.39. The quantitative estimate of drug-likeness (QED) is 0.840. The second-order valence-electron chi connectivity index (χ2n) is 5.62. The highest BCUT2D eigenvalue weighted by molar-refractivity contribution is 6.31. The Balaban J connectivity index is 1.58. The molecule has 3 nitrogen and oxygen atoms in total. The van der Waals surface area contributed by atoms with Gasteiger partial charge >= 0.3 is 0 Å². The van der Waals surface area contributed by atoms with Gasteiger partial charge in [-0.1, -0.05) is 47.5 Å². The molecule has 2 aromatic carbocycles. The highest BCUT2D eigenvalue weighted by Crippen LogP contribution is 2.21. The molecule has 1 aliphatic rings. The predicted octanol–water partition coefficient (Wildman–Crippen LogP) is 3.88. The number of carbonyl (C=O) groups is 1. The van der Waals surface area contributed by atoms with Gasteiger partial charge in [0.2, 0.25) is 5.91 Å². The Morgan fingerprint density at radius 1 is 0.957 bits per heavy atom. The van der Waals surface area contributed by atoms with Crippen molar-refractivity contribution < 1.29 is 4.79 Å². The Labute approximate surface area is 146 Å². The van der Waals surface area contributed by atoms with E-state index in [1.165, 1.54) is 0 Å². The van der Waals surface area contributed by atoms with Crippen molar-refractivity contribution in [1.82, 2.24) is 4.90 Å². The van der Waals surface area contributed by atoms with Crippen molar-refractivity contribution >= 4 is 34.8 Å². The highest BCUT2D eigenvalue weighted by atomic mass is 35.5. The minimum Gasteiger partial charge on any atom is -0.368 e. The van der Waals surface area contributed by atoms with Gasteiger partial charge in [0, 0.05) is 41.9 Å². The fourth-order valence-electron chi connectivity index (χ4n) is 2.80. The number of hydrogen-bond donors (Lipinski definition) is 0. The molecule has 23 heavy (non-hydrogen) atoms. The molecular weight excluding hydrogens is 331 g/mol. The SMILES string of the molecule is O=C(Cc1ccccc1Cl)N1CCN(c2cccc(Cl)c2)CC1. The summed E-state index contributed by atoms with van der Waals surface area (Å²) < 4.78 is 0. The summed E-state index contributed by atoms with van der Waals surface area (Å²) in [5.74, 6) is 0.129. The van der Waals surface area contributed by atoms with Gasteiger partial charge < -0.3 is 9.80 Å². The third-order valence-corrected chi connectivity index (χ3v) is 4.71. The predicted molar refractivity (Wildman–Crippen MR) is 95.4 cm³/mol. The van der Waals surface area contributed by atoms with E-state index >= 15 is 0 Å². The van der Waals surface area contributed by atoms with Gasteiger partial charge in [0.15, 0.2) is 0 Å². The first-order valence-corrected chi connectivity index (χ1v) is 8.41. The van der Waals surface area contributed by atoms with E-state index in [0.29, 0.717) is 11.4 Å². The van der Waals surface area contributed by atoms with Crippen molar-refractivity contribution in [1.29, 1.82) is 0 Å². The van der Waals surface area contributed by atoms with E-state index in [4.69, 9.17) is 23.2 Å². The lowest BCUT2D eigenvalue weighted by atomic mass is 10.1. The number of hydrogen-bond acceptors (Lipinski definition) is 2. The first kappa shape index (κ1) is 16.2. The van der Waals surface area contributed by atoms with Crippen LogP contribution in [0.25, 0.3) is 0 Å². The first-order chi connectivity index (χ1) is 11.1. The zero-order valence-corrected chi connectivity index (χ0v) is 14.2. The second-order valence-corrected chi connectivity index (χ2v) is 6.46. The number of amides is 1. The molecule has 120 valence electrons. The lowest BCUT2D eigenvalue weighted by molar-refractivity contribution is -0.130. The van der Waals surface area contributed by atoms with E-state index in [0.717, 1.165) is 42.5 Å². The standard InChI is InChI=1S/C18H18Cl2N2O/c19-15-5-3-6-16(13-15)21-8-10-22(11-9-21)18(23)12-14-4-1-2-7-17(14)20/h1-7,13H,8-12H2. The molecule has 0 atom stereocenters. The fourth-order valence-corrected chi connectivity index (χ4v) is 3.19. The van der Waals surface area contributed by atoms with Gasteiger partial charge in [0.1, 0.15) is 0 Å². The number of piperazine rings is 1. The van der Waals surface area contributed by atoms with Crippen LogP contribution in [-0.4, -0.2) is 37.0 Å². The van der Waals surface area contributed by atoms with Crippen molar-refractivity contribution in [3.05, 3.63) is 64.1 Å². The van der Waals surface area contributed by atoms with Crippen molar-refractivity contribution in [2.45, 2.75) is 6.42 Å². The summed E-state index contributed by atoms with van der Waals surface area (Å²) in [4.78, 5) is 16.6. The summed E-state index contributed by atoms with van der Waals surface area (Å²) in [6, 6.07) is 15.3. The third kappa shape index (κ3) is 3.98. The Morgan fingerprint density at radius 2 is 1.70 bits per heavy atom. The van der Waals surface area contributed by atoms with Gasteiger partial charge in [-0.05, 0) is 29.8 Å². The lowest BCUT2D eigenvalue weighted by Gasteiger charge is -2.36. The van der Waals surface area contributed by atoms with Crippen molar-refractivity contribution in [2.75, 3.05) is 31.1 Å². The highest BCUT2D eigenvalue weighted by Gasteiger charge is 2.21. The summed E-state index contributed by atoms with van der Waals surface area (Å²) >= 11 is 12.2. The first-order valence-electron chi connectivity index (χ1n) is 7.65. The molecule has 1 amide bonds. The molecule has 1 saturated heterocycles. The lowest BCUT2D eigenvalue weighted by Crippen LogP contribution is -2.49. The Kier molecular flexibility index (Phi) is 5.09. The maximum atomic E-state index is 12.4. The smallest absolute Gasteiger partial charge is 0.227 e. The average molecular weight is 349 g/mol. The van der Waals surface area contributed by atoms with E-state index < -0.39 is 0 Å². The van der Waals surface area contributed by atoms with Gasteiger partial charge in [-0.2, -0.15) is 0 Å². The van der Waals surface area contributed by atoms with Gasteiger partial charge in [0.25, 0.3) is 0 Å². The second kappa shape index (κ2) is 7.24. The summed E-state index contributed by atoms with van der Waals surface area (Å²) in [6.45, 7) is 3.06. The zero-order chi connectivity index (χ0) is 16.2. The Hall–Kier alpha value is -1.71. The summed E-state index contributed by atoms with van der Waals surface area (Å²) in [5.41, 5.74) is 1.99. The fraction of sp³-hybridized carbons (Fsp3) is 0.278. The topological polar surface area (TPSA) is 23.6 Å². The largest absolute Gasteiger partial charge is 0.368 e. The number of nitrogens with zero attached hydrogens (tertiary/aromatic N) is 2. The van der Waals surface area contributed by atoms with Crippen LogP contribution in [0.3, 0.4) is 0 Å². The molecule has 0 bridgehead atoms. The van der Waals surface area contributed by atoms with E-state index in [1.807, 2.05) is 53.4 Å². The molecule has 1 heterocycles. The van der Waals surface area contributed by atoms with E-state index in [9.17, 15) is 4.79 Å². The molecule has 0 saturated carbocycles. The van der Waals surface area contributed by atoms with Crippen LogP contribution >= 0.6 is 23.2 Å². The van der Waals surface area contributed by atoms with Crippen molar-refractivity contribution in [3.8, 4) is 0 Å². The Bertz CT molecular complexity index is 697. The minimum atomic E-state index is 0.129. The van der Waals surface area contributed by atoms with Crippen LogP contribution in [0.4, 0.5) is 5.69 Å². The van der Waals surface area contributed by atoms with Gasteiger partial charge in [-0.3, -0.25) is 4.79 Å². The number of anilines is 1. The van der Waals surface area contributed by atoms with Crippen LogP contribution in [-0.2, 0) is 11.2 Å². The van der Waals surface area contributed by atoms with E-state index in [2.05, 4.69) is 4.90 Å². The molecular formula is C18H18Cl2N2O. The molecule has 0 unspecified atom stereocenters. The van der Waals surface area contributed by atoms with Crippen LogP contribution in [0.1, 0.15) is 5.56 Å². The van der Waals surface area contributed by atoms with Crippen LogP contribution in [0.15, 0.2) is 48.5 Å². The van der Waals surface area contributed by atoms with Gasteiger partial charge in [-0.15, -0.1) is 0 Å². The van der Waals surface area contributed by atoms with Crippen molar-refractivity contribution in [2.24, 2.45) is 0 Å². The molecule has 0 N–H and O–H groups in total. The molecule has 0 spiro atoms. The van der Waals surface area contributed by atoms with Crippen LogP contribution in [0.5, 0.6) is 0 Å². The summed E-state index contributed by atoms with van der Waals surface area (Å²) in [6.07, 6.45) is 0.358. The maximum absolute atomic E-state index is 12.4. The van der Waals surface area contributed by atoms with E-state index in [-0.39, 0.29) is 5.91 Å². The third-order valence-electron chi connectivity index (χ3n) is 4.11. The molecule has 0 aromatic heterocycles. The zero-order valence-electron chi connectivity index (χ0n) is 12.7. The number of carbonyl (C=O) groups excluding carboxylic acids is 1. The number of halogens is 2. The molecule has 1 fully saturated rings. The van der Waals surface area contributed by atoms with E-state index in [1.54, 1.807) is 0 Å². The maximum Gasteiger partial charge on any atom is 0.227 e. The number of rotatable bonds is 3. The molecule has 2 aromatic rings. The van der Waals surface area contributed by atoms with Crippen molar-refractivity contribution in [3.63, 3.8) is 0 Å². The Morgan fingerprint density at radius 3 is 2.39 bits per heavy atom. The molecule has 3 rings (SSSR count). The molecule has 0 radical (unpaired) electrons. The summed E-state index contributed by atoms with van der Waals surface area (Å²) in [7, 11) is 0. The van der Waals surface area contributed by atoms with Crippen LogP contribution in [0.2, 0.25) is 10.0 Å². The molecule has 1 aliphatic heterocycles. The van der Waals surface area contributed by atoms with Gasteiger partial charge in [-0.25, -0.2) is 0 Å². The monoisotopic (exact) mass is 348 g/mol. The van der Waals surface area contributed by atoms with Crippen LogP contribution < -0.4 is 4.90 Å². The van der Waals surface area contributed by atoms with Gasteiger partial charge in [0.05, 0.1) is 6.42 Å². The molecule has 5 heteroatoms.